The zero-order valence-corrected chi connectivity index (χ0v) is 10.5. The Hall–Kier alpha value is -1.02. The van der Waals surface area contributed by atoms with Gasteiger partial charge in [0.05, 0.1) is 0 Å². The van der Waals surface area contributed by atoms with Crippen molar-refractivity contribution in [2.75, 3.05) is 18.5 Å². The Kier molecular flexibility index (Phi) is 3.49. The summed E-state index contributed by atoms with van der Waals surface area (Å²) in [6.07, 6.45) is 2.49. The molecule has 0 spiro atoms. The molecule has 2 atom stereocenters. The minimum absolute atomic E-state index is 0.644. The van der Waals surface area contributed by atoms with Crippen molar-refractivity contribution >= 4 is 5.69 Å². The molecule has 1 aromatic carbocycles. The Labute approximate surface area is 98.7 Å². The number of hydrogen-bond acceptors (Lipinski definition) is 2. The van der Waals surface area contributed by atoms with Gasteiger partial charge >= 0.3 is 0 Å². The van der Waals surface area contributed by atoms with Gasteiger partial charge < -0.3 is 10.2 Å². The van der Waals surface area contributed by atoms with Crippen LogP contribution in [0.3, 0.4) is 0 Å². The predicted molar refractivity (Wildman–Crippen MR) is 70.1 cm³/mol. The zero-order chi connectivity index (χ0) is 11.5. The number of nitrogens with zero attached hydrogens (tertiary/aromatic N) is 1. The fraction of sp³-hybridized carbons (Fsp3) is 0.571. The molecule has 0 aliphatic carbocycles. The minimum atomic E-state index is 0.644. The Bertz CT molecular complexity index is 348. The molecule has 2 nitrogen and oxygen atoms in total. The summed E-state index contributed by atoms with van der Waals surface area (Å²) in [5.74, 6) is 0. The molecule has 1 aliphatic heterocycles. The first kappa shape index (κ1) is 11.5. The average Bonchev–Trinajstić information content (AvgIpc) is 2.29. The third kappa shape index (κ3) is 2.38. The lowest BCUT2D eigenvalue weighted by Gasteiger charge is -2.36. The van der Waals surface area contributed by atoms with Gasteiger partial charge in [0.1, 0.15) is 0 Å². The SMILES string of the molecule is Cc1ccccc1N(C)C1CCNC(C)C1. The molecule has 2 heteroatoms. The molecule has 0 saturated carbocycles. The maximum absolute atomic E-state index is 3.51. The lowest BCUT2D eigenvalue weighted by molar-refractivity contribution is 0.371. The van der Waals surface area contributed by atoms with Gasteiger partial charge in [-0.25, -0.2) is 0 Å². The number of para-hydroxylation sites is 1. The first-order valence-corrected chi connectivity index (χ1v) is 6.20. The lowest BCUT2D eigenvalue weighted by Crippen LogP contribution is -2.45. The van der Waals surface area contributed by atoms with E-state index in [1.807, 2.05) is 0 Å². The van der Waals surface area contributed by atoms with Gasteiger partial charge in [0.25, 0.3) is 0 Å². The van der Waals surface area contributed by atoms with Crippen molar-refractivity contribution in [3.05, 3.63) is 29.8 Å². The minimum Gasteiger partial charge on any atom is -0.371 e. The first-order chi connectivity index (χ1) is 7.68. The van der Waals surface area contributed by atoms with E-state index in [4.69, 9.17) is 0 Å². The van der Waals surface area contributed by atoms with Gasteiger partial charge in [-0.3, -0.25) is 0 Å². The molecule has 88 valence electrons. The van der Waals surface area contributed by atoms with E-state index in [0.717, 1.165) is 6.54 Å². The molecule has 1 fully saturated rings. The van der Waals surface area contributed by atoms with Crippen molar-refractivity contribution in [3.8, 4) is 0 Å². The van der Waals surface area contributed by atoms with Crippen LogP contribution < -0.4 is 10.2 Å². The molecule has 0 radical (unpaired) electrons. The molecule has 0 aromatic heterocycles. The number of aryl methyl sites for hydroxylation is 1. The molecule has 0 bridgehead atoms. The van der Waals surface area contributed by atoms with Crippen LogP contribution >= 0.6 is 0 Å². The van der Waals surface area contributed by atoms with Crippen LogP contribution in [0.15, 0.2) is 24.3 Å². The molecule has 1 heterocycles. The number of piperidine rings is 1. The Morgan fingerprint density at radius 1 is 1.31 bits per heavy atom. The van der Waals surface area contributed by atoms with Gasteiger partial charge in [-0.05, 0) is 44.9 Å². The second-order valence-electron chi connectivity index (χ2n) is 4.93. The van der Waals surface area contributed by atoms with E-state index in [1.165, 1.54) is 24.1 Å². The second-order valence-corrected chi connectivity index (χ2v) is 4.93. The van der Waals surface area contributed by atoms with E-state index in [1.54, 1.807) is 0 Å². The van der Waals surface area contributed by atoms with E-state index in [2.05, 4.69) is 55.4 Å². The first-order valence-electron chi connectivity index (χ1n) is 6.20. The zero-order valence-electron chi connectivity index (χ0n) is 10.5. The van der Waals surface area contributed by atoms with Crippen molar-refractivity contribution in [1.82, 2.24) is 5.32 Å². The largest absolute Gasteiger partial charge is 0.371 e. The molecule has 16 heavy (non-hydrogen) atoms. The summed E-state index contributed by atoms with van der Waals surface area (Å²) in [5.41, 5.74) is 2.75. The van der Waals surface area contributed by atoms with E-state index in [9.17, 15) is 0 Å². The standard InChI is InChI=1S/C14H22N2/c1-11-6-4-5-7-14(11)16(3)13-8-9-15-12(2)10-13/h4-7,12-13,15H,8-10H2,1-3H3. The average molecular weight is 218 g/mol. The van der Waals surface area contributed by atoms with E-state index < -0.39 is 0 Å². The molecule has 1 N–H and O–H groups in total. The van der Waals surface area contributed by atoms with Gasteiger partial charge in [-0.2, -0.15) is 0 Å². The summed E-state index contributed by atoms with van der Waals surface area (Å²) in [6, 6.07) is 9.97. The highest BCUT2D eigenvalue weighted by Crippen LogP contribution is 2.24. The van der Waals surface area contributed by atoms with Gasteiger partial charge in [0, 0.05) is 24.8 Å². The maximum Gasteiger partial charge on any atom is 0.0395 e. The number of hydrogen-bond donors (Lipinski definition) is 1. The number of anilines is 1. The third-order valence-corrected chi connectivity index (χ3v) is 3.64. The Morgan fingerprint density at radius 3 is 2.75 bits per heavy atom. The Balaban J connectivity index is 2.12. The highest BCUT2D eigenvalue weighted by atomic mass is 15.1. The summed E-state index contributed by atoms with van der Waals surface area (Å²) in [7, 11) is 2.23. The summed E-state index contributed by atoms with van der Waals surface area (Å²) in [5, 5.41) is 3.51. The normalized spacial score (nSPS) is 25.4. The maximum atomic E-state index is 3.51. The number of rotatable bonds is 2. The van der Waals surface area contributed by atoms with Crippen LogP contribution in [-0.2, 0) is 0 Å². The van der Waals surface area contributed by atoms with Crippen molar-refractivity contribution in [2.24, 2.45) is 0 Å². The molecule has 1 aliphatic rings. The molecule has 2 rings (SSSR count). The van der Waals surface area contributed by atoms with Gasteiger partial charge in [0.2, 0.25) is 0 Å². The topological polar surface area (TPSA) is 15.3 Å². The van der Waals surface area contributed by atoms with Crippen molar-refractivity contribution < 1.29 is 0 Å². The molecular formula is C14H22N2. The van der Waals surface area contributed by atoms with Crippen LogP contribution in [-0.4, -0.2) is 25.7 Å². The summed E-state index contributed by atoms with van der Waals surface area (Å²) in [4.78, 5) is 2.45. The fourth-order valence-corrected chi connectivity index (χ4v) is 2.61. The van der Waals surface area contributed by atoms with Crippen molar-refractivity contribution in [2.45, 2.75) is 38.8 Å². The van der Waals surface area contributed by atoms with E-state index in [0.29, 0.717) is 12.1 Å². The third-order valence-electron chi connectivity index (χ3n) is 3.64. The van der Waals surface area contributed by atoms with Crippen LogP contribution in [0.1, 0.15) is 25.3 Å². The predicted octanol–water partition coefficient (Wildman–Crippen LogP) is 2.57. The van der Waals surface area contributed by atoms with Crippen molar-refractivity contribution in [3.63, 3.8) is 0 Å². The van der Waals surface area contributed by atoms with Gasteiger partial charge in [0.15, 0.2) is 0 Å². The van der Waals surface area contributed by atoms with Gasteiger partial charge in [-0.15, -0.1) is 0 Å². The molecular weight excluding hydrogens is 196 g/mol. The van der Waals surface area contributed by atoms with Gasteiger partial charge in [-0.1, -0.05) is 18.2 Å². The molecule has 2 unspecified atom stereocenters. The highest BCUT2D eigenvalue weighted by Gasteiger charge is 2.22. The number of benzene rings is 1. The summed E-state index contributed by atoms with van der Waals surface area (Å²) in [6.45, 7) is 5.61. The molecule has 1 saturated heterocycles. The van der Waals surface area contributed by atoms with Crippen molar-refractivity contribution in [1.29, 1.82) is 0 Å². The van der Waals surface area contributed by atoms with E-state index >= 15 is 0 Å². The van der Waals surface area contributed by atoms with Crippen LogP contribution in [0.25, 0.3) is 0 Å². The van der Waals surface area contributed by atoms with Crippen LogP contribution in [0, 0.1) is 6.92 Å². The summed E-state index contributed by atoms with van der Waals surface area (Å²) >= 11 is 0. The second kappa shape index (κ2) is 4.88. The quantitative estimate of drug-likeness (QED) is 0.820. The fourth-order valence-electron chi connectivity index (χ4n) is 2.61. The van der Waals surface area contributed by atoms with Crippen LogP contribution in [0.5, 0.6) is 0 Å². The Morgan fingerprint density at radius 2 is 2.06 bits per heavy atom. The van der Waals surface area contributed by atoms with E-state index in [-0.39, 0.29) is 0 Å². The molecule has 1 aromatic rings. The molecule has 0 amide bonds. The smallest absolute Gasteiger partial charge is 0.0395 e. The number of nitrogens with one attached hydrogen (secondary N) is 1. The summed E-state index contributed by atoms with van der Waals surface area (Å²) < 4.78 is 0. The van der Waals surface area contributed by atoms with Crippen LogP contribution in [0.4, 0.5) is 5.69 Å². The highest BCUT2D eigenvalue weighted by molar-refractivity contribution is 5.53. The monoisotopic (exact) mass is 218 g/mol. The lowest BCUT2D eigenvalue weighted by atomic mass is 9.98. The van der Waals surface area contributed by atoms with Crippen LogP contribution in [0.2, 0.25) is 0 Å².